The SMILES string of the molecule is O=C(COc1ccccc1-c1ccccc1)NNC(=S)NC(=O)CCCC(=O)OCCCc1ccccc1. The Morgan fingerprint density at radius 3 is 2.18 bits per heavy atom. The lowest BCUT2D eigenvalue weighted by atomic mass is 10.1. The summed E-state index contributed by atoms with van der Waals surface area (Å²) in [6.07, 6.45) is 2.13. The van der Waals surface area contributed by atoms with E-state index in [1.54, 1.807) is 6.07 Å². The molecule has 0 aliphatic rings. The number of para-hydroxylation sites is 1. The van der Waals surface area contributed by atoms with Gasteiger partial charge >= 0.3 is 5.97 Å². The van der Waals surface area contributed by atoms with Crippen molar-refractivity contribution in [1.82, 2.24) is 16.2 Å². The largest absolute Gasteiger partial charge is 0.483 e. The van der Waals surface area contributed by atoms with Crippen molar-refractivity contribution in [2.24, 2.45) is 0 Å². The van der Waals surface area contributed by atoms with Gasteiger partial charge in [-0.1, -0.05) is 78.9 Å². The number of esters is 1. The van der Waals surface area contributed by atoms with Gasteiger partial charge in [0, 0.05) is 18.4 Å². The lowest BCUT2D eigenvalue weighted by Gasteiger charge is -2.13. The van der Waals surface area contributed by atoms with Gasteiger partial charge in [0.25, 0.3) is 5.91 Å². The van der Waals surface area contributed by atoms with Gasteiger partial charge in [0.1, 0.15) is 5.75 Å². The van der Waals surface area contributed by atoms with Crippen molar-refractivity contribution >= 4 is 35.1 Å². The molecule has 0 fully saturated rings. The normalized spacial score (nSPS) is 10.2. The fourth-order valence-electron chi connectivity index (χ4n) is 3.55. The molecule has 198 valence electrons. The van der Waals surface area contributed by atoms with Gasteiger partial charge in [-0.15, -0.1) is 0 Å². The number of rotatable bonds is 12. The number of hydrazine groups is 1. The van der Waals surface area contributed by atoms with E-state index in [0.717, 1.165) is 24.0 Å². The van der Waals surface area contributed by atoms with Crippen molar-refractivity contribution in [3.8, 4) is 16.9 Å². The second kappa shape index (κ2) is 15.8. The Balaban J connectivity index is 1.26. The second-order valence-corrected chi connectivity index (χ2v) is 8.77. The van der Waals surface area contributed by atoms with Crippen molar-refractivity contribution in [3.05, 3.63) is 90.5 Å². The Bertz CT molecular complexity index is 1210. The predicted octanol–water partition coefficient (Wildman–Crippen LogP) is 4.10. The molecule has 3 rings (SSSR count). The van der Waals surface area contributed by atoms with Crippen LogP contribution >= 0.6 is 12.2 Å². The number of hydrogen-bond acceptors (Lipinski definition) is 6. The van der Waals surface area contributed by atoms with E-state index in [1.165, 1.54) is 5.56 Å². The molecule has 0 aliphatic carbocycles. The van der Waals surface area contributed by atoms with E-state index in [2.05, 4.69) is 16.2 Å². The van der Waals surface area contributed by atoms with Crippen LogP contribution in [0.3, 0.4) is 0 Å². The number of nitrogens with one attached hydrogen (secondary N) is 3. The minimum absolute atomic E-state index is 0.0588. The molecule has 0 atom stereocenters. The van der Waals surface area contributed by atoms with Gasteiger partial charge in [-0.2, -0.15) is 0 Å². The fraction of sp³-hybridized carbons (Fsp3) is 0.241. The zero-order valence-corrected chi connectivity index (χ0v) is 21.8. The third-order valence-electron chi connectivity index (χ3n) is 5.40. The van der Waals surface area contributed by atoms with E-state index in [1.807, 2.05) is 78.9 Å². The molecular formula is C29H31N3O5S. The lowest BCUT2D eigenvalue weighted by molar-refractivity contribution is -0.143. The molecule has 3 aromatic rings. The van der Waals surface area contributed by atoms with E-state index in [0.29, 0.717) is 18.8 Å². The Morgan fingerprint density at radius 1 is 0.737 bits per heavy atom. The molecule has 3 N–H and O–H groups in total. The Hall–Kier alpha value is -4.24. The van der Waals surface area contributed by atoms with Crippen LogP contribution in [-0.2, 0) is 25.5 Å². The first kappa shape index (κ1) is 28.3. The van der Waals surface area contributed by atoms with Crippen LogP contribution in [0, 0.1) is 0 Å². The number of carbonyl (C=O) groups is 3. The summed E-state index contributed by atoms with van der Waals surface area (Å²) in [6, 6.07) is 27.1. The Kier molecular flexibility index (Phi) is 11.8. The average molecular weight is 534 g/mol. The number of benzene rings is 3. The molecule has 0 saturated carbocycles. The molecule has 0 heterocycles. The zero-order chi connectivity index (χ0) is 27.0. The second-order valence-electron chi connectivity index (χ2n) is 8.36. The Morgan fingerprint density at radius 2 is 1.42 bits per heavy atom. The van der Waals surface area contributed by atoms with Gasteiger partial charge in [0.15, 0.2) is 11.7 Å². The molecule has 0 aliphatic heterocycles. The highest BCUT2D eigenvalue weighted by Crippen LogP contribution is 2.29. The smallest absolute Gasteiger partial charge is 0.305 e. The third kappa shape index (κ3) is 10.4. The van der Waals surface area contributed by atoms with E-state index in [-0.39, 0.29) is 36.4 Å². The molecule has 9 heteroatoms. The molecule has 0 bridgehead atoms. The highest BCUT2D eigenvalue weighted by molar-refractivity contribution is 7.80. The topological polar surface area (TPSA) is 106 Å². The maximum absolute atomic E-state index is 12.2. The summed E-state index contributed by atoms with van der Waals surface area (Å²) in [6.45, 7) is 0.0933. The predicted molar refractivity (Wildman–Crippen MR) is 149 cm³/mol. The first-order valence-electron chi connectivity index (χ1n) is 12.4. The third-order valence-corrected chi connectivity index (χ3v) is 5.60. The first-order valence-corrected chi connectivity index (χ1v) is 12.8. The number of aryl methyl sites for hydroxylation is 1. The van der Waals surface area contributed by atoms with Gasteiger partial charge in [-0.3, -0.25) is 25.2 Å². The minimum Gasteiger partial charge on any atom is -0.483 e. The zero-order valence-electron chi connectivity index (χ0n) is 21.0. The summed E-state index contributed by atoms with van der Waals surface area (Å²) in [5.74, 6) is -0.617. The van der Waals surface area contributed by atoms with Crippen LogP contribution in [0.4, 0.5) is 0 Å². The van der Waals surface area contributed by atoms with Crippen molar-refractivity contribution < 1.29 is 23.9 Å². The van der Waals surface area contributed by atoms with Crippen LogP contribution in [0.15, 0.2) is 84.9 Å². The highest BCUT2D eigenvalue weighted by Gasteiger charge is 2.11. The molecule has 3 aromatic carbocycles. The first-order chi connectivity index (χ1) is 18.5. The van der Waals surface area contributed by atoms with Crippen molar-refractivity contribution in [3.63, 3.8) is 0 Å². The summed E-state index contributed by atoms with van der Waals surface area (Å²) < 4.78 is 10.9. The molecule has 0 aromatic heterocycles. The van der Waals surface area contributed by atoms with E-state index < -0.39 is 5.91 Å². The summed E-state index contributed by atoms with van der Waals surface area (Å²) in [4.78, 5) is 36.1. The van der Waals surface area contributed by atoms with Crippen molar-refractivity contribution in [2.75, 3.05) is 13.2 Å². The molecule has 2 amide bonds. The number of carbonyl (C=O) groups excluding carboxylic acids is 3. The molecule has 0 radical (unpaired) electrons. The van der Waals surface area contributed by atoms with Gasteiger partial charge in [-0.25, -0.2) is 0 Å². The number of amides is 2. The molecule has 0 spiro atoms. The van der Waals surface area contributed by atoms with Crippen molar-refractivity contribution in [1.29, 1.82) is 0 Å². The van der Waals surface area contributed by atoms with Crippen LogP contribution in [0.1, 0.15) is 31.2 Å². The maximum Gasteiger partial charge on any atom is 0.305 e. The summed E-state index contributed by atoms with van der Waals surface area (Å²) in [5.41, 5.74) is 7.90. The Labute approximate surface area is 227 Å². The summed E-state index contributed by atoms with van der Waals surface area (Å²) >= 11 is 5.03. The number of ether oxygens (including phenoxy) is 2. The summed E-state index contributed by atoms with van der Waals surface area (Å²) in [5, 5.41) is 2.40. The maximum atomic E-state index is 12.2. The van der Waals surface area contributed by atoms with Gasteiger partial charge in [0.05, 0.1) is 6.61 Å². The molecule has 0 unspecified atom stereocenters. The van der Waals surface area contributed by atoms with Crippen LogP contribution < -0.4 is 20.9 Å². The number of thiocarbonyl (C=S) groups is 1. The van der Waals surface area contributed by atoms with Gasteiger partial charge in [0.2, 0.25) is 5.91 Å². The number of hydrogen-bond donors (Lipinski definition) is 3. The monoisotopic (exact) mass is 533 g/mol. The lowest BCUT2D eigenvalue weighted by Crippen LogP contribution is -2.49. The highest BCUT2D eigenvalue weighted by atomic mass is 32.1. The van der Waals surface area contributed by atoms with E-state index in [4.69, 9.17) is 21.7 Å². The summed E-state index contributed by atoms with van der Waals surface area (Å²) in [7, 11) is 0. The van der Waals surface area contributed by atoms with Crippen LogP contribution in [-0.4, -0.2) is 36.1 Å². The van der Waals surface area contributed by atoms with Gasteiger partial charge in [-0.05, 0) is 48.7 Å². The standard InChI is InChI=1S/C29H31N3O5S/c33-26(18-9-19-28(35)36-20-10-13-22-11-3-1-4-12-22)30-29(38)32-31-27(34)21-37-25-17-8-7-16-24(25)23-14-5-2-6-15-23/h1-8,11-12,14-17H,9-10,13,18-21H2,(H,31,34)(H2,30,32,33,38). The van der Waals surface area contributed by atoms with E-state index >= 15 is 0 Å². The molecular weight excluding hydrogens is 502 g/mol. The fourth-order valence-corrected chi connectivity index (χ4v) is 3.71. The quantitative estimate of drug-likeness (QED) is 0.139. The van der Waals surface area contributed by atoms with Crippen LogP contribution in [0.5, 0.6) is 5.75 Å². The molecule has 38 heavy (non-hydrogen) atoms. The molecule has 8 nitrogen and oxygen atoms in total. The van der Waals surface area contributed by atoms with Crippen LogP contribution in [0.2, 0.25) is 0 Å². The minimum atomic E-state index is -0.473. The average Bonchev–Trinajstić information content (AvgIpc) is 2.94. The van der Waals surface area contributed by atoms with Crippen LogP contribution in [0.25, 0.3) is 11.1 Å². The molecule has 0 saturated heterocycles. The van der Waals surface area contributed by atoms with Gasteiger partial charge < -0.3 is 14.8 Å². The van der Waals surface area contributed by atoms with Crippen molar-refractivity contribution in [2.45, 2.75) is 32.1 Å². The van der Waals surface area contributed by atoms with E-state index in [9.17, 15) is 14.4 Å².